The molecule has 23 heavy (non-hydrogen) atoms. The molecule has 0 aliphatic rings. The zero-order valence-corrected chi connectivity index (χ0v) is 12.6. The van der Waals surface area contributed by atoms with E-state index >= 15 is 0 Å². The number of fused-ring (bicyclic) bond motifs is 1. The highest BCUT2D eigenvalue weighted by molar-refractivity contribution is 5.92. The van der Waals surface area contributed by atoms with E-state index in [1.54, 1.807) is 12.4 Å². The van der Waals surface area contributed by atoms with Crippen molar-refractivity contribution in [3.05, 3.63) is 48.8 Å². The Morgan fingerprint density at radius 3 is 2.74 bits per heavy atom. The lowest BCUT2D eigenvalue weighted by Gasteiger charge is -2.15. The molecule has 3 rings (SSSR count). The van der Waals surface area contributed by atoms with Gasteiger partial charge in [-0.1, -0.05) is 19.1 Å². The number of carbonyl (C=O) groups is 1. The standard InChI is InChI=1S/C17H16N4O2/c1-2-13(17(22)23)19-16-12-7-3-4-8-14(12)20-15(21-16)11-6-5-9-18-10-11/h3-10,13H,2H2,1H3,(H,22,23)(H,19,20,21). The molecule has 0 bridgehead atoms. The minimum absolute atomic E-state index is 0.454. The van der Waals surface area contributed by atoms with E-state index in [9.17, 15) is 9.90 Å². The molecule has 0 spiro atoms. The van der Waals surface area contributed by atoms with Crippen LogP contribution in [0.15, 0.2) is 48.8 Å². The highest BCUT2D eigenvalue weighted by Gasteiger charge is 2.17. The predicted molar refractivity (Wildman–Crippen MR) is 88.1 cm³/mol. The van der Waals surface area contributed by atoms with Gasteiger partial charge in [-0.15, -0.1) is 0 Å². The Balaban J connectivity index is 2.13. The molecule has 6 nitrogen and oxygen atoms in total. The smallest absolute Gasteiger partial charge is 0.326 e. The summed E-state index contributed by atoms with van der Waals surface area (Å²) in [5, 5.41) is 13.1. The normalized spacial score (nSPS) is 12.0. The van der Waals surface area contributed by atoms with Gasteiger partial charge in [0.15, 0.2) is 5.82 Å². The van der Waals surface area contributed by atoms with E-state index in [1.165, 1.54) is 0 Å². The molecular weight excluding hydrogens is 292 g/mol. The molecule has 1 aromatic carbocycles. The maximum absolute atomic E-state index is 11.3. The van der Waals surface area contributed by atoms with Crippen LogP contribution in [0.4, 0.5) is 5.82 Å². The molecule has 0 aliphatic carbocycles. The van der Waals surface area contributed by atoms with Gasteiger partial charge >= 0.3 is 5.97 Å². The lowest BCUT2D eigenvalue weighted by atomic mass is 10.2. The number of aliphatic carboxylic acids is 1. The van der Waals surface area contributed by atoms with Crippen molar-refractivity contribution in [2.24, 2.45) is 0 Å². The number of hydrogen-bond donors (Lipinski definition) is 2. The van der Waals surface area contributed by atoms with Gasteiger partial charge < -0.3 is 10.4 Å². The van der Waals surface area contributed by atoms with Gasteiger partial charge in [0.25, 0.3) is 0 Å². The van der Waals surface area contributed by atoms with Gasteiger partial charge in [-0.2, -0.15) is 0 Å². The molecule has 0 aliphatic heterocycles. The molecule has 0 saturated carbocycles. The SMILES string of the molecule is CCC(Nc1nc(-c2cccnc2)nc2ccccc12)C(=O)O. The van der Waals surface area contributed by atoms with E-state index in [0.717, 1.165) is 16.5 Å². The van der Waals surface area contributed by atoms with Gasteiger partial charge in [-0.3, -0.25) is 4.98 Å². The fourth-order valence-corrected chi connectivity index (χ4v) is 2.31. The van der Waals surface area contributed by atoms with Gasteiger partial charge in [0, 0.05) is 23.3 Å². The van der Waals surface area contributed by atoms with E-state index in [-0.39, 0.29) is 0 Å². The molecule has 2 N–H and O–H groups in total. The summed E-state index contributed by atoms with van der Waals surface area (Å²) in [7, 11) is 0. The summed E-state index contributed by atoms with van der Waals surface area (Å²) in [5.41, 5.74) is 1.54. The number of nitrogens with zero attached hydrogens (tertiary/aromatic N) is 3. The fourth-order valence-electron chi connectivity index (χ4n) is 2.31. The van der Waals surface area contributed by atoms with Crippen molar-refractivity contribution in [2.75, 3.05) is 5.32 Å². The van der Waals surface area contributed by atoms with Crippen LogP contribution in [0.25, 0.3) is 22.3 Å². The maximum atomic E-state index is 11.3. The number of nitrogens with one attached hydrogen (secondary N) is 1. The summed E-state index contributed by atoms with van der Waals surface area (Å²) >= 11 is 0. The van der Waals surface area contributed by atoms with Crippen LogP contribution in [0.2, 0.25) is 0 Å². The minimum Gasteiger partial charge on any atom is -0.480 e. The van der Waals surface area contributed by atoms with E-state index in [2.05, 4.69) is 20.3 Å². The third-order valence-corrected chi connectivity index (χ3v) is 3.54. The number of anilines is 1. The van der Waals surface area contributed by atoms with Crippen LogP contribution in [0.3, 0.4) is 0 Å². The highest BCUT2D eigenvalue weighted by atomic mass is 16.4. The van der Waals surface area contributed by atoms with Crippen LogP contribution in [0.1, 0.15) is 13.3 Å². The fraction of sp³-hybridized carbons (Fsp3) is 0.176. The van der Waals surface area contributed by atoms with E-state index in [0.29, 0.717) is 18.1 Å². The second-order valence-electron chi connectivity index (χ2n) is 5.10. The van der Waals surface area contributed by atoms with Crippen LogP contribution in [-0.2, 0) is 4.79 Å². The first-order valence-corrected chi connectivity index (χ1v) is 7.35. The first-order chi connectivity index (χ1) is 11.2. The third kappa shape index (κ3) is 3.11. The molecule has 116 valence electrons. The van der Waals surface area contributed by atoms with Crippen molar-refractivity contribution in [3.63, 3.8) is 0 Å². The first kappa shape index (κ1) is 14.9. The largest absolute Gasteiger partial charge is 0.480 e. The van der Waals surface area contributed by atoms with Crippen LogP contribution >= 0.6 is 0 Å². The van der Waals surface area contributed by atoms with Gasteiger partial charge in [0.2, 0.25) is 0 Å². The zero-order valence-electron chi connectivity index (χ0n) is 12.6. The van der Waals surface area contributed by atoms with Gasteiger partial charge in [-0.05, 0) is 30.7 Å². The maximum Gasteiger partial charge on any atom is 0.326 e. The molecule has 2 heterocycles. The van der Waals surface area contributed by atoms with E-state index < -0.39 is 12.0 Å². The second kappa shape index (κ2) is 6.39. The molecule has 0 saturated heterocycles. The summed E-state index contributed by atoms with van der Waals surface area (Å²) in [4.78, 5) is 24.5. The Kier molecular flexibility index (Phi) is 4.14. The minimum atomic E-state index is -0.905. The summed E-state index contributed by atoms with van der Waals surface area (Å²) in [6, 6.07) is 10.5. The monoisotopic (exact) mass is 308 g/mol. The Labute approximate surface area is 133 Å². The summed E-state index contributed by atoms with van der Waals surface area (Å²) in [6.07, 6.45) is 3.82. The number of pyridine rings is 1. The van der Waals surface area contributed by atoms with Gasteiger partial charge in [-0.25, -0.2) is 14.8 Å². The number of carboxylic acids is 1. The quantitative estimate of drug-likeness (QED) is 0.753. The topological polar surface area (TPSA) is 88.0 Å². The van der Waals surface area contributed by atoms with Crippen LogP contribution < -0.4 is 5.32 Å². The average molecular weight is 308 g/mol. The molecule has 6 heteroatoms. The Hall–Kier alpha value is -3.02. The lowest BCUT2D eigenvalue weighted by molar-refractivity contribution is -0.137. The van der Waals surface area contributed by atoms with E-state index in [4.69, 9.17) is 0 Å². The first-order valence-electron chi connectivity index (χ1n) is 7.35. The zero-order chi connectivity index (χ0) is 16.2. The second-order valence-corrected chi connectivity index (χ2v) is 5.10. The van der Waals surface area contributed by atoms with Crippen molar-refractivity contribution in [1.82, 2.24) is 15.0 Å². The molecular formula is C17H16N4O2. The van der Waals surface area contributed by atoms with Crippen LogP contribution in [-0.4, -0.2) is 32.1 Å². The van der Waals surface area contributed by atoms with Crippen molar-refractivity contribution in [3.8, 4) is 11.4 Å². The number of hydrogen-bond acceptors (Lipinski definition) is 5. The lowest BCUT2D eigenvalue weighted by Crippen LogP contribution is -2.29. The number of carboxylic acid groups (broad SMARTS) is 1. The molecule has 0 amide bonds. The van der Waals surface area contributed by atoms with Gasteiger partial charge in [0.05, 0.1) is 5.52 Å². The number of aromatic nitrogens is 3. The molecule has 2 aromatic heterocycles. The molecule has 1 unspecified atom stereocenters. The van der Waals surface area contributed by atoms with Crippen molar-refractivity contribution in [1.29, 1.82) is 0 Å². The highest BCUT2D eigenvalue weighted by Crippen LogP contribution is 2.25. The Morgan fingerprint density at radius 2 is 2.04 bits per heavy atom. The summed E-state index contributed by atoms with van der Waals surface area (Å²) < 4.78 is 0. The molecule has 0 fully saturated rings. The van der Waals surface area contributed by atoms with Crippen molar-refractivity contribution < 1.29 is 9.90 Å². The van der Waals surface area contributed by atoms with Crippen molar-refractivity contribution >= 4 is 22.7 Å². The average Bonchev–Trinajstić information content (AvgIpc) is 2.59. The summed E-state index contributed by atoms with van der Waals surface area (Å²) in [6.45, 7) is 1.82. The summed E-state index contributed by atoms with van der Waals surface area (Å²) in [5.74, 6) is 0.126. The third-order valence-electron chi connectivity index (χ3n) is 3.54. The Bertz CT molecular complexity index is 836. The van der Waals surface area contributed by atoms with Gasteiger partial charge in [0.1, 0.15) is 11.9 Å². The number of rotatable bonds is 5. The van der Waals surface area contributed by atoms with Crippen LogP contribution in [0, 0.1) is 0 Å². The number of para-hydroxylation sites is 1. The van der Waals surface area contributed by atoms with Crippen LogP contribution in [0.5, 0.6) is 0 Å². The number of benzene rings is 1. The molecule has 1 atom stereocenters. The Morgan fingerprint density at radius 1 is 1.22 bits per heavy atom. The van der Waals surface area contributed by atoms with Crippen molar-refractivity contribution in [2.45, 2.75) is 19.4 Å². The van der Waals surface area contributed by atoms with E-state index in [1.807, 2.05) is 43.3 Å². The predicted octanol–water partition coefficient (Wildman–Crippen LogP) is 2.97. The molecule has 0 radical (unpaired) electrons. The molecule has 3 aromatic rings.